The van der Waals surface area contributed by atoms with Gasteiger partial charge in [-0.15, -0.1) is 0 Å². The molecule has 0 saturated heterocycles. The molecule has 2 N–H and O–H groups in total. The number of para-hydroxylation sites is 2. The summed E-state index contributed by atoms with van der Waals surface area (Å²) in [6, 6.07) is 13.9. The van der Waals surface area contributed by atoms with Crippen LogP contribution in [0.25, 0.3) is 16.7 Å². The van der Waals surface area contributed by atoms with E-state index in [1.165, 1.54) is 12.1 Å². The summed E-state index contributed by atoms with van der Waals surface area (Å²) in [5, 5.41) is 0. The van der Waals surface area contributed by atoms with Crippen LogP contribution in [0.1, 0.15) is 38.2 Å². The van der Waals surface area contributed by atoms with Crippen molar-refractivity contribution in [2.24, 2.45) is 11.1 Å². The predicted octanol–water partition coefficient (Wildman–Crippen LogP) is 4.72. The van der Waals surface area contributed by atoms with E-state index in [9.17, 15) is 9.18 Å². The number of carbonyl (C=O) groups is 1. The second-order valence-electron chi connectivity index (χ2n) is 8.72. The summed E-state index contributed by atoms with van der Waals surface area (Å²) in [5.41, 5.74) is 9.93. The van der Waals surface area contributed by atoms with E-state index in [2.05, 4.69) is 4.98 Å². The number of fused-ring (bicyclic) bond motifs is 1. The van der Waals surface area contributed by atoms with E-state index in [4.69, 9.17) is 10.5 Å². The number of Topliss-reactive ketones (excluding diaryl/α,β-unsaturated/α-hetero) is 1. The molecule has 2 aliphatic rings. The van der Waals surface area contributed by atoms with Crippen LogP contribution in [0.3, 0.4) is 0 Å². The number of benzene rings is 2. The van der Waals surface area contributed by atoms with Crippen LogP contribution >= 0.6 is 0 Å². The lowest BCUT2D eigenvalue weighted by molar-refractivity contribution is -0.118. The van der Waals surface area contributed by atoms with Crippen LogP contribution in [0.4, 0.5) is 4.39 Å². The predicted molar refractivity (Wildman–Crippen MR) is 112 cm³/mol. The Labute approximate surface area is 173 Å². The van der Waals surface area contributed by atoms with E-state index >= 15 is 0 Å². The molecule has 5 rings (SSSR count). The van der Waals surface area contributed by atoms with Gasteiger partial charge in [-0.2, -0.15) is 0 Å². The maximum Gasteiger partial charge on any atom is 0.211 e. The largest absolute Gasteiger partial charge is 0.444 e. The first-order valence-electron chi connectivity index (χ1n) is 9.96. The average molecular weight is 403 g/mol. The molecule has 30 heavy (non-hydrogen) atoms. The molecular weight excluding hydrogens is 381 g/mol. The van der Waals surface area contributed by atoms with Crippen molar-refractivity contribution < 1.29 is 13.9 Å². The molecule has 1 atom stereocenters. The van der Waals surface area contributed by atoms with Gasteiger partial charge in [0.1, 0.15) is 17.9 Å². The van der Waals surface area contributed by atoms with Gasteiger partial charge in [0.25, 0.3) is 0 Å². The summed E-state index contributed by atoms with van der Waals surface area (Å²) in [7, 11) is 0. The SMILES string of the molecule is CC1(C)CC(=O)C2=C(C1)OC(N)=C(n1cnc3ccccc31)C2c1ccc(F)cc1. The molecule has 0 saturated carbocycles. The second kappa shape index (κ2) is 6.55. The quantitative estimate of drug-likeness (QED) is 0.672. The molecule has 3 aromatic rings. The molecule has 1 aliphatic heterocycles. The van der Waals surface area contributed by atoms with E-state index in [0.29, 0.717) is 29.9 Å². The van der Waals surface area contributed by atoms with Crippen molar-refractivity contribution in [2.75, 3.05) is 0 Å². The fourth-order valence-corrected chi connectivity index (χ4v) is 4.54. The topological polar surface area (TPSA) is 70.1 Å². The maximum absolute atomic E-state index is 13.7. The van der Waals surface area contributed by atoms with Gasteiger partial charge >= 0.3 is 0 Å². The van der Waals surface area contributed by atoms with Gasteiger partial charge in [0.15, 0.2) is 5.78 Å². The molecule has 0 bridgehead atoms. The number of imidazole rings is 1. The van der Waals surface area contributed by atoms with Crippen molar-refractivity contribution in [1.82, 2.24) is 9.55 Å². The molecule has 5 nitrogen and oxygen atoms in total. The number of halogens is 1. The minimum atomic E-state index is -0.462. The highest BCUT2D eigenvalue weighted by molar-refractivity contribution is 6.02. The van der Waals surface area contributed by atoms with Gasteiger partial charge in [0.2, 0.25) is 5.88 Å². The fourth-order valence-electron chi connectivity index (χ4n) is 4.54. The van der Waals surface area contributed by atoms with Gasteiger partial charge < -0.3 is 10.5 Å². The number of carbonyl (C=O) groups excluding carboxylic acids is 1. The lowest BCUT2D eigenvalue weighted by Crippen LogP contribution is -2.34. The Morgan fingerprint density at radius 2 is 1.87 bits per heavy atom. The Bertz CT molecular complexity index is 1230. The van der Waals surface area contributed by atoms with Gasteiger partial charge in [0.05, 0.1) is 22.6 Å². The number of allylic oxidation sites excluding steroid dienone is 3. The summed E-state index contributed by atoms with van der Waals surface area (Å²) in [6.07, 6.45) is 2.73. The minimum Gasteiger partial charge on any atom is -0.444 e. The van der Waals surface area contributed by atoms with Gasteiger partial charge in [-0.1, -0.05) is 38.1 Å². The minimum absolute atomic E-state index is 0.0324. The van der Waals surface area contributed by atoms with Crippen LogP contribution in [0.15, 0.2) is 72.1 Å². The summed E-state index contributed by atoms with van der Waals surface area (Å²) in [6.45, 7) is 4.09. The van der Waals surface area contributed by atoms with Crippen molar-refractivity contribution >= 4 is 22.5 Å². The Morgan fingerprint density at radius 1 is 1.13 bits per heavy atom. The molecule has 0 radical (unpaired) electrons. The number of aromatic nitrogens is 2. The molecule has 0 fully saturated rings. The van der Waals surface area contributed by atoms with Crippen molar-refractivity contribution in [1.29, 1.82) is 0 Å². The molecular formula is C24H22FN3O2. The third-order valence-corrected chi connectivity index (χ3v) is 5.84. The highest BCUT2D eigenvalue weighted by atomic mass is 19.1. The average Bonchev–Trinajstić information content (AvgIpc) is 3.10. The van der Waals surface area contributed by atoms with E-state index in [1.54, 1.807) is 18.5 Å². The molecule has 1 aliphatic carbocycles. The summed E-state index contributed by atoms with van der Waals surface area (Å²) < 4.78 is 21.6. The monoisotopic (exact) mass is 403 g/mol. The fraction of sp³-hybridized carbons (Fsp3) is 0.250. The van der Waals surface area contributed by atoms with Crippen molar-refractivity contribution in [3.8, 4) is 0 Å². The standard InChI is InChI=1S/C24H22FN3O2/c1-24(2)11-18(29)21-19(12-24)30-23(26)22(20(21)14-7-9-15(25)10-8-14)28-13-27-16-5-3-4-6-17(16)28/h3-10,13,20H,11-12,26H2,1-2H3. The lowest BCUT2D eigenvalue weighted by atomic mass is 9.71. The Hall–Kier alpha value is -3.41. The molecule has 1 unspecified atom stereocenters. The van der Waals surface area contributed by atoms with E-state index in [-0.39, 0.29) is 22.9 Å². The molecule has 152 valence electrons. The van der Waals surface area contributed by atoms with Crippen molar-refractivity contribution in [3.63, 3.8) is 0 Å². The zero-order chi connectivity index (χ0) is 21.0. The number of hydrogen-bond acceptors (Lipinski definition) is 4. The van der Waals surface area contributed by atoms with Crippen LogP contribution in [0.2, 0.25) is 0 Å². The van der Waals surface area contributed by atoms with Gasteiger partial charge in [0, 0.05) is 18.4 Å². The maximum atomic E-state index is 13.7. The van der Waals surface area contributed by atoms with Crippen LogP contribution in [0, 0.1) is 11.2 Å². The first-order valence-corrected chi connectivity index (χ1v) is 9.96. The number of nitrogens with zero attached hydrogens (tertiary/aromatic N) is 2. The highest BCUT2D eigenvalue weighted by Crippen LogP contribution is 2.49. The summed E-state index contributed by atoms with van der Waals surface area (Å²) in [5.74, 6) is 0.0798. The number of ether oxygens (including phenoxy) is 1. The second-order valence-corrected chi connectivity index (χ2v) is 8.72. The van der Waals surface area contributed by atoms with E-state index in [0.717, 1.165) is 16.6 Å². The van der Waals surface area contributed by atoms with E-state index < -0.39 is 5.92 Å². The Balaban J connectivity index is 1.75. The first kappa shape index (κ1) is 18.6. The summed E-state index contributed by atoms with van der Waals surface area (Å²) >= 11 is 0. The molecule has 0 spiro atoms. The van der Waals surface area contributed by atoms with Crippen LogP contribution in [-0.4, -0.2) is 15.3 Å². The van der Waals surface area contributed by atoms with Gasteiger partial charge in [-0.3, -0.25) is 9.36 Å². The molecule has 1 aromatic heterocycles. The highest BCUT2D eigenvalue weighted by Gasteiger charge is 2.43. The summed E-state index contributed by atoms with van der Waals surface area (Å²) in [4.78, 5) is 17.8. The van der Waals surface area contributed by atoms with Crippen LogP contribution in [0.5, 0.6) is 0 Å². The van der Waals surface area contributed by atoms with Crippen LogP contribution in [-0.2, 0) is 9.53 Å². The Kier molecular flexibility index (Phi) is 4.07. The Morgan fingerprint density at radius 3 is 2.63 bits per heavy atom. The van der Waals surface area contributed by atoms with Gasteiger partial charge in [-0.25, -0.2) is 9.37 Å². The third-order valence-electron chi connectivity index (χ3n) is 5.84. The normalized spacial score (nSPS) is 21.0. The number of ketones is 1. The van der Waals surface area contributed by atoms with E-state index in [1.807, 2.05) is 42.7 Å². The number of rotatable bonds is 2. The molecule has 2 aromatic carbocycles. The van der Waals surface area contributed by atoms with Crippen LogP contribution < -0.4 is 5.73 Å². The zero-order valence-electron chi connectivity index (χ0n) is 16.9. The smallest absolute Gasteiger partial charge is 0.211 e. The van der Waals surface area contributed by atoms with Gasteiger partial charge in [-0.05, 0) is 35.2 Å². The van der Waals surface area contributed by atoms with Crippen molar-refractivity contribution in [2.45, 2.75) is 32.6 Å². The van der Waals surface area contributed by atoms with Crippen molar-refractivity contribution in [3.05, 3.63) is 83.5 Å². The molecule has 0 amide bonds. The number of hydrogen-bond donors (Lipinski definition) is 1. The zero-order valence-corrected chi connectivity index (χ0v) is 16.9. The molecule has 6 heteroatoms. The third kappa shape index (κ3) is 2.91. The number of nitrogens with two attached hydrogens (primary N) is 1. The lowest BCUT2D eigenvalue weighted by Gasteiger charge is -2.38. The first-order chi connectivity index (χ1) is 14.3. The molecule has 2 heterocycles.